The van der Waals surface area contributed by atoms with E-state index >= 15 is 4.39 Å². The van der Waals surface area contributed by atoms with Crippen LogP contribution in [0.4, 0.5) is 14.9 Å². The summed E-state index contributed by atoms with van der Waals surface area (Å²) in [5.41, 5.74) is 1.05. The van der Waals surface area contributed by atoms with Crippen molar-refractivity contribution in [2.75, 3.05) is 32.1 Å². The Morgan fingerprint density at radius 3 is 2.62 bits per heavy atom. The molecular formula is C34H43FN4O5Si. The summed E-state index contributed by atoms with van der Waals surface area (Å²) in [5.74, 6) is -0.602. The third kappa shape index (κ3) is 6.71. The number of amides is 2. The van der Waals surface area contributed by atoms with Crippen LogP contribution in [0.15, 0.2) is 54.7 Å². The Balaban J connectivity index is 1.33. The molecule has 1 saturated heterocycles. The number of aromatic nitrogens is 2. The highest BCUT2D eigenvalue weighted by molar-refractivity contribution is 6.76. The molecule has 11 heteroatoms. The summed E-state index contributed by atoms with van der Waals surface area (Å²) in [5, 5.41) is 2.61. The molecule has 1 spiro atoms. The maximum atomic E-state index is 15.2. The van der Waals surface area contributed by atoms with E-state index < -0.39 is 25.6 Å². The number of piperidine rings is 1. The number of hydrogen-bond donors (Lipinski definition) is 1. The molecule has 2 fully saturated rings. The monoisotopic (exact) mass is 634 g/mol. The predicted octanol–water partition coefficient (Wildman–Crippen LogP) is 6.73. The van der Waals surface area contributed by atoms with Crippen LogP contribution in [0.2, 0.25) is 25.7 Å². The van der Waals surface area contributed by atoms with Gasteiger partial charge in [-0.05, 0) is 55.8 Å². The van der Waals surface area contributed by atoms with E-state index in [-0.39, 0.29) is 42.1 Å². The molecule has 9 nitrogen and oxygen atoms in total. The van der Waals surface area contributed by atoms with Crippen molar-refractivity contribution < 1.29 is 28.2 Å². The molecule has 2 aromatic carbocycles. The zero-order valence-electron chi connectivity index (χ0n) is 26.6. The van der Waals surface area contributed by atoms with Gasteiger partial charge in [-0.1, -0.05) is 56.0 Å². The minimum absolute atomic E-state index is 0.0285. The van der Waals surface area contributed by atoms with Crippen LogP contribution >= 0.6 is 0 Å². The third-order valence-electron chi connectivity index (χ3n) is 9.33. The van der Waals surface area contributed by atoms with Gasteiger partial charge in [-0.15, -0.1) is 0 Å². The molecule has 1 N–H and O–H groups in total. The highest BCUT2D eigenvalue weighted by atomic mass is 28.3. The number of nitrogens with one attached hydrogen (secondary N) is 1. The van der Waals surface area contributed by atoms with Gasteiger partial charge in [0.15, 0.2) is 5.60 Å². The minimum atomic E-state index is -1.32. The maximum absolute atomic E-state index is 15.2. The molecule has 2 amide bonds. The van der Waals surface area contributed by atoms with Crippen LogP contribution < -0.4 is 5.32 Å². The maximum Gasteiger partial charge on any atom is 0.412 e. The number of carbonyl (C=O) groups excluding carboxylic acids is 2. The highest BCUT2D eigenvalue weighted by Crippen LogP contribution is 2.48. The SMILES string of the molecule is COC1(CC(c2ccccc2)c2cn(COCC[Si](C)(C)C)c(C(=O)N3CCC[C@@]4(C3)OC(=O)Nc3cccc(F)c34)n2)CC1. The second-order valence-electron chi connectivity index (χ2n) is 13.9. The lowest BCUT2D eigenvalue weighted by Crippen LogP contribution is -2.53. The molecule has 0 radical (unpaired) electrons. The van der Waals surface area contributed by atoms with Crippen molar-refractivity contribution in [2.24, 2.45) is 0 Å². The first kappa shape index (κ1) is 31.4. The molecule has 240 valence electrons. The van der Waals surface area contributed by atoms with Gasteiger partial charge in [-0.3, -0.25) is 10.1 Å². The van der Waals surface area contributed by atoms with E-state index in [2.05, 4.69) is 37.1 Å². The standard InChI is InChI=1S/C34H43FN4O5Si/c1-42-33(15-16-33)20-25(24-10-6-5-7-11-24)28-21-39(23-43-18-19-45(2,3)4)30(36-28)31(40)38-17-9-14-34(22-38)29-26(35)12-8-13-27(29)37-32(41)44-34/h5-8,10-13,21,25H,9,14-20,22-23H2,1-4H3,(H,37,41)/t25?,34-/m0/s1. The summed E-state index contributed by atoms with van der Waals surface area (Å²) in [6.45, 7) is 8.15. The predicted molar refractivity (Wildman–Crippen MR) is 172 cm³/mol. The zero-order chi connectivity index (χ0) is 31.8. The number of methoxy groups -OCH3 is 1. The van der Waals surface area contributed by atoms with Gasteiger partial charge in [0.25, 0.3) is 5.91 Å². The van der Waals surface area contributed by atoms with E-state index in [1.165, 1.54) is 6.07 Å². The normalized spacial score (nSPS) is 21.2. The van der Waals surface area contributed by atoms with Gasteiger partial charge >= 0.3 is 6.09 Å². The van der Waals surface area contributed by atoms with Gasteiger partial charge in [0.1, 0.15) is 12.5 Å². The first-order valence-corrected chi connectivity index (χ1v) is 19.6. The van der Waals surface area contributed by atoms with E-state index in [1.807, 2.05) is 24.4 Å². The molecule has 45 heavy (non-hydrogen) atoms. The van der Waals surface area contributed by atoms with Crippen molar-refractivity contribution in [1.29, 1.82) is 0 Å². The molecule has 6 rings (SSSR count). The summed E-state index contributed by atoms with van der Waals surface area (Å²) < 4.78 is 34.9. The number of fused-ring (bicyclic) bond motifs is 2. The van der Waals surface area contributed by atoms with Crippen molar-refractivity contribution >= 4 is 25.8 Å². The van der Waals surface area contributed by atoms with E-state index in [9.17, 15) is 9.59 Å². The summed E-state index contributed by atoms with van der Waals surface area (Å²) >= 11 is 0. The zero-order valence-corrected chi connectivity index (χ0v) is 27.6. The van der Waals surface area contributed by atoms with Crippen molar-refractivity contribution in [3.05, 3.63) is 83.2 Å². The third-order valence-corrected chi connectivity index (χ3v) is 11.0. The number of hydrogen-bond acceptors (Lipinski definition) is 6. The Labute approximate surface area is 265 Å². The fourth-order valence-electron chi connectivity index (χ4n) is 6.58. The van der Waals surface area contributed by atoms with Crippen LogP contribution in [0, 0.1) is 5.82 Å². The number of imidazole rings is 1. The number of ether oxygens (including phenoxy) is 3. The molecule has 1 saturated carbocycles. The summed E-state index contributed by atoms with van der Waals surface area (Å²) in [4.78, 5) is 33.6. The largest absolute Gasteiger partial charge is 0.436 e. The Morgan fingerprint density at radius 2 is 1.91 bits per heavy atom. The van der Waals surface area contributed by atoms with Crippen LogP contribution in [0.25, 0.3) is 0 Å². The number of nitrogens with zero attached hydrogens (tertiary/aromatic N) is 3. The second-order valence-corrected chi connectivity index (χ2v) is 19.5. The van der Waals surface area contributed by atoms with Crippen LogP contribution in [-0.4, -0.2) is 66.9 Å². The van der Waals surface area contributed by atoms with Crippen molar-refractivity contribution in [1.82, 2.24) is 14.5 Å². The average Bonchev–Trinajstić information content (AvgIpc) is 3.67. The van der Waals surface area contributed by atoms with E-state index in [0.29, 0.717) is 31.7 Å². The van der Waals surface area contributed by atoms with Crippen LogP contribution in [-0.2, 0) is 26.5 Å². The van der Waals surface area contributed by atoms with Gasteiger partial charge in [0.2, 0.25) is 5.82 Å². The van der Waals surface area contributed by atoms with E-state index in [1.54, 1.807) is 28.7 Å². The topological polar surface area (TPSA) is 94.9 Å². The average molecular weight is 635 g/mol. The molecule has 3 aliphatic rings. The van der Waals surface area contributed by atoms with Gasteiger partial charge in [-0.2, -0.15) is 0 Å². The van der Waals surface area contributed by atoms with Gasteiger partial charge in [-0.25, -0.2) is 14.2 Å². The van der Waals surface area contributed by atoms with Crippen molar-refractivity contribution in [2.45, 2.75) is 81.6 Å². The molecular weight excluding hydrogens is 591 g/mol. The molecule has 1 aliphatic carbocycles. The van der Waals surface area contributed by atoms with Crippen molar-refractivity contribution in [3.63, 3.8) is 0 Å². The number of likely N-dealkylation sites (tertiary alicyclic amines) is 1. The highest BCUT2D eigenvalue weighted by Gasteiger charge is 2.49. The molecule has 1 unspecified atom stereocenters. The fraction of sp³-hybridized carbons (Fsp3) is 0.500. The first-order valence-electron chi connectivity index (χ1n) is 15.8. The summed E-state index contributed by atoms with van der Waals surface area (Å²) in [6, 6.07) is 15.8. The first-order chi connectivity index (χ1) is 21.5. The Hall–Kier alpha value is -3.54. The van der Waals surface area contributed by atoms with E-state index in [4.69, 9.17) is 19.2 Å². The molecule has 1 aromatic heterocycles. The lowest BCUT2D eigenvalue weighted by atomic mass is 9.83. The number of carbonyl (C=O) groups is 2. The Bertz CT molecular complexity index is 1550. The summed E-state index contributed by atoms with van der Waals surface area (Å²) in [6.07, 6.45) is 4.95. The molecule has 3 aromatic rings. The Kier molecular flexibility index (Phi) is 8.62. The lowest BCUT2D eigenvalue weighted by Gasteiger charge is -2.44. The number of halogens is 1. The van der Waals surface area contributed by atoms with Gasteiger partial charge in [0, 0.05) is 40.5 Å². The quantitative estimate of drug-likeness (QED) is 0.186. The lowest BCUT2D eigenvalue weighted by molar-refractivity contribution is -0.0423. The Morgan fingerprint density at radius 1 is 1.13 bits per heavy atom. The van der Waals surface area contributed by atoms with Gasteiger partial charge in [0.05, 0.1) is 29.1 Å². The molecule has 2 aliphatic heterocycles. The minimum Gasteiger partial charge on any atom is -0.436 e. The second kappa shape index (κ2) is 12.3. The molecule has 2 atom stereocenters. The van der Waals surface area contributed by atoms with Crippen LogP contribution in [0.3, 0.4) is 0 Å². The number of benzene rings is 2. The molecule has 0 bridgehead atoms. The smallest absolute Gasteiger partial charge is 0.412 e. The number of anilines is 1. The van der Waals surface area contributed by atoms with Gasteiger partial charge < -0.3 is 23.7 Å². The van der Waals surface area contributed by atoms with Crippen LogP contribution in [0.5, 0.6) is 0 Å². The van der Waals surface area contributed by atoms with E-state index in [0.717, 1.165) is 36.6 Å². The molecule has 3 heterocycles. The fourth-order valence-corrected chi connectivity index (χ4v) is 7.33. The number of rotatable bonds is 11. The van der Waals surface area contributed by atoms with Crippen LogP contribution in [0.1, 0.15) is 65.5 Å². The van der Waals surface area contributed by atoms with Crippen molar-refractivity contribution in [3.8, 4) is 0 Å². The summed E-state index contributed by atoms with van der Waals surface area (Å²) in [7, 11) is 0.443.